The number of hydrogen-bond acceptors (Lipinski definition) is 5. The number of ether oxygens (including phenoxy) is 1. The van der Waals surface area contributed by atoms with Crippen LogP contribution in [0.2, 0.25) is 0 Å². The molecule has 146 valence electrons. The summed E-state index contributed by atoms with van der Waals surface area (Å²) in [5.74, 6) is 0.498. The minimum Gasteiger partial charge on any atom is -0.465 e. The van der Waals surface area contributed by atoms with Crippen molar-refractivity contribution in [1.29, 1.82) is 0 Å². The van der Waals surface area contributed by atoms with Crippen LogP contribution in [0.25, 0.3) is 0 Å². The van der Waals surface area contributed by atoms with Gasteiger partial charge in [0.2, 0.25) is 0 Å². The number of methoxy groups -OCH3 is 1. The number of carbonyl (C=O) groups excluding carboxylic acids is 1. The largest absolute Gasteiger partial charge is 0.465 e. The maximum Gasteiger partial charge on any atom is 0.339 e. The van der Waals surface area contributed by atoms with E-state index in [0.717, 1.165) is 5.82 Å². The summed E-state index contributed by atoms with van der Waals surface area (Å²) in [5.41, 5.74) is 4.46. The second-order valence-electron chi connectivity index (χ2n) is 8.86. The van der Waals surface area contributed by atoms with E-state index in [1.165, 1.54) is 41.0 Å². The van der Waals surface area contributed by atoms with Crippen LogP contribution in [0, 0.1) is 13.8 Å². The van der Waals surface area contributed by atoms with Gasteiger partial charge in [-0.3, -0.25) is 0 Å². The summed E-state index contributed by atoms with van der Waals surface area (Å²) in [5, 5.41) is 1.24. The maximum absolute atomic E-state index is 11.8. The third-order valence-electron chi connectivity index (χ3n) is 5.91. The number of nitrogens with zero attached hydrogens (tertiary/aromatic N) is 2. The van der Waals surface area contributed by atoms with Gasteiger partial charge in [0.05, 0.1) is 23.4 Å². The van der Waals surface area contributed by atoms with Crippen molar-refractivity contribution in [1.82, 2.24) is 4.98 Å². The Morgan fingerprint density at radius 2 is 1.78 bits per heavy atom. The lowest BCUT2D eigenvalue weighted by atomic mass is 9.66. The zero-order valence-corrected chi connectivity index (χ0v) is 18.5. The van der Waals surface area contributed by atoms with E-state index in [2.05, 4.69) is 51.6 Å². The van der Waals surface area contributed by atoms with Crippen molar-refractivity contribution in [3.63, 3.8) is 0 Å². The fourth-order valence-corrected chi connectivity index (χ4v) is 5.73. The van der Waals surface area contributed by atoms with E-state index >= 15 is 0 Å². The van der Waals surface area contributed by atoms with Crippen molar-refractivity contribution < 1.29 is 9.53 Å². The Kier molecular flexibility index (Phi) is 4.87. The molecule has 0 saturated heterocycles. The summed E-state index contributed by atoms with van der Waals surface area (Å²) in [6.45, 7) is 13.5. The van der Waals surface area contributed by atoms with Gasteiger partial charge >= 0.3 is 5.97 Å². The summed E-state index contributed by atoms with van der Waals surface area (Å²) < 4.78 is 4.83. The number of pyridine rings is 1. The molecule has 4 nitrogen and oxygen atoms in total. The number of rotatable bonds is 3. The second kappa shape index (κ2) is 6.62. The van der Waals surface area contributed by atoms with Crippen LogP contribution in [0.4, 0.5) is 10.8 Å². The molecule has 0 aliphatic heterocycles. The number of esters is 1. The molecule has 0 amide bonds. The molecule has 0 N–H and O–H groups in total. The lowest BCUT2D eigenvalue weighted by Crippen LogP contribution is -2.32. The van der Waals surface area contributed by atoms with Gasteiger partial charge in [0.25, 0.3) is 0 Å². The van der Waals surface area contributed by atoms with Crippen molar-refractivity contribution in [3.8, 4) is 0 Å². The first kappa shape index (κ1) is 19.9. The summed E-state index contributed by atoms with van der Waals surface area (Å²) in [4.78, 5) is 20.2. The van der Waals surface area contributed by atoms with Gasteiger partial charge in [-0.2, -0.15) is 0 Å². The smallest absolute Gasteiger partial charge is 0.339 e. The van der Waals surface area contributed by atoms with Gasteiger partial charge in [-0.25, -0.2) is 9.78 Å². The van der Waals surface area contributed by atoms with Crippen LogP contribution in [0.1, 0.15) is 72.6 Å². The lowest BCUT2D eigenvalue weighted by molar-refractivity contribution is 0.0599. The van der Waals surface area contributed by atoms with Crippen molar-refractivity contribution >= 4 is 28.1 Å². The summed E-state index contributed by atoms with van der Waals surface area (Å²) in [6.07, 6.45) is 2.42. The van der Waals surface area contributed by atoms with E-state index in [1.54, 1.807) is 6.07 Å². The van der Waals surface area contributed by atoms with E-state index in [0.29, 0.717) is 11.3 Å². The Bertz CT molecular complexity index is 896. The minimum atomic E-state index is -0.347. The fourth-order valence-electron chi connectivity index (χ4n) is 4.14. The molecule has 0 unspecified atom stereocenters. The van der Waals surface area contributed by atoms with Crippen LogP contribution in [-0.2, 0) is 15.6 Å². The summed E-state index contributed by atoms with van der Waals surface area (Å²) >= 11 is 1.89. The number of anilines is 2. The van der Waals surface area contributed by atoms with Gasteiger partial charge in [-0.15, -0.1) is 11.3 Å². The van der Waals surface area contributed by atoms with Crippen LogP contribution in [0.5, 0.6) is 0 Å². The first-order chi connectivity index (χ1) is 12.5. The minimum absolute atomic E-state index is 0.197. The van der Waals surface area contributed by atoms with Crippen molar-refractivity contribution in [3.05, 3.63) is 39.4 Å². The first-order valence-electron chi connectivity index (χ1n) is 9.43. The molecule has 3 rings (SSSR count). The van der Waals surface area contributed by atoms with Crippen LogP contribution < -0.4 is 4.90 Å². The number of fused-ring (bicyclic) bond motifs is 1. The number of aryl methyl sites for hydroxylation is 1. The molecule has 5 heteroatoms. The van der Waals surface area contributed by atoms with Crippen molar-refractivity contribution in [2.24, 2.45) is 0 Å². The molecule has 0 aromatic carbocycles. The van der Waals surface area contributed by atoms with Gasteiger partial charge in [0, 0.05) is 11.9 Å². The number of hydrogen-bond donors (Lipinski definition) is 0. The Balaban J connectivity index is 2.07. The predicted octanol–water partition coefficient (Wildman–Crippen LogP) is 5.66. The highest BCUT2D eigenvalue weighted by atomic mass is 32.1. The van der Waals surface area contributed by atoms with E-state index in [-0.39, 0.29) is 16.8 Å². The molecular formula is C22H30N2O2S. The van der Waals surface area contributed by atoms with E-state index < -0.39 is 0 Å². The monoisotopic (exact) mass is 386 g/mol. The quantitative estimate of drug-likeness (QED) is 0.638. The predicted molar refractivity (Wildman–Crippen MR) is 113 cm³/mol. The molecule has 0 fully saturated rings. The maximum atomic E-state index is 11.8. The van der Waals surface area contributed by atoms with Gasteiger partial charge < -0.3 is 9.64 Å². The van der Waals surface area contributed by atoms with Crippen LogP contribution >= 0.6 is 11.3 Å². The molecule has 0 spiro atoms. The average molecular weight is 387 g/mol. The Hall–Kier alpha value is -1.88. The van der Waals surface area contributed by atoms with Crippen molar-refractivity contribution in [2.45, 2.75) is 65.2 Å². The molecule has 2 aromatic heterocycles. The standard InChI is InChI=1S/C22H30N2O2S/c1-13-17-18(22(5,6)12-11-21(17,3)4)27-19(13)24(7)16-10-9-15(14(2)23-16)20(25)26-8/h9-10H,11-12H2,1-8H3. The molecular weight excluding hydrogens is 356 g/mol. The zero-order chi connectivity index (χ0) is 20.1. The zero-order valence-electron chi connectivity index (χ0n) is 17.7. The number of aromatic nitrogens is 1. The van der Waals surface area contributed by atoms with Gasteiger partial charge in [0.1, 0.15) is 5.82 Å². The van der Waals surface area contributed by atoms with Crippen LogP contribution in [0.15, 0.2) is 12.1 Å². The van der Waals surface area contributed by atoms with E-state index in [1.807, 2.05) is 24.3 Å². The lowest BCUT2D eigenvalue weighted by Gasteiger charge is -2.39. The molecule has 0 saturated carbocycles. The highest BCUT2D eigenvalue weighted by Crippen LogP contribution is 2.54. The van der Waals surface area contributed by atoms with Crippen LogP contribution in [0.3, 0.4) is 0 Å². The van der Waals surface area contributed by atoms with Crippen molar-refractivity contribution in [2.75, 3.05) is 19.1 Å². The summed E-state index contributed by atoms with van der Waals surface area (Å²) in [6, 6.07) is 3.70. The molecule has 1 aliphatic rings. The van der Waals surface area contributed by atoms with E-state index in [9.17, 15) is 4.79 Å². The van der Waals surface area contributed by atoms with Crippen LogP contribution in [-0.4, -0.2) is 25.1 Å². The fraction of sp³-hybridized carbons (Fsp3) is 0.545. The topological polar surface area (TPSA) is 42.4 Å². The average Bonchev–Trinajstić information content (AvgIpc) is 2.97. The Labute approximate surface area is 166 Å². The van der Waals surface area contributed by atoms with E-state index in [4.69, 9.17) is 4.74 Å². The Morgan fingerprint density at radius 3 is 2.33 bits per heavy atom. The summed E-state index contributed by atoms with van der Waals surface area (Å²) in [7, 11) is 3.45. The number of thiophene rings is 1. The first-order valence-corrected chi connectivity index (χ1v) is 10.3. The molecule has 2 aromatic rings. The molecule has 1 aliphatic carbocycles. The molecule has 0 radical (unpaired) electrons. The molecule has 0 bridgehead atoms. The normalized spacial score (nSPS) is 17.3. The van der Waals surface area contributed by atoms with Gasteiger partial charge in [0.15, 0.2) is 0 Å². The third-order valence-corrected chi connectivity index (χ3v) is 7.65. The number of carbonyl (C=O) groups is 1. The Morgan fingerprint density at radius 1 is 1.15 bits per heavy atom. The second-order valence-corrected chi connectivity index (χ2v) is 9.86. The highest BCUT2D eigenvalue weighted by molar-refractivity contribution is 7.16. The molecule has 27 heavy (non-hydrogen) atoms. The van der Waals surface area contributed by atoms with Gasteiger partial charge in [-0.1, -0.05) is 27.7 Å². The third kappa shape index (κ3) is 3.27. The van der Waals surface area contributed by atoms with Gasteiger partial charge in [-0.05, 0) is 60.8 Å². The SMILES string of the molecule is COC(=O)c1ccc(N(C)c2sc3c(c2C)C(C)(C)CCC3(C)C)nc1C. The molecule has 0 atom stereocenters. The highest BCUT2D eigenvalue weighted by Gasteiger charge is 2.41. The molecule has 2 heterocycles.